The molecule has 0 aliphatic heterocycles. The van der Waals surface area contributed by atoms with E-state index >= 15 is 0 Å². The molecule has 2 rings (SSSR count). The first-order chi connectivity index (χ1) is 8.97. The number of nitro groups is 1. The van der Waals surface area contributed by atoms with Gasteiger partial charge < -0.3 is 5.73 Å². The monoisotopic (exact) mass is 282 g/mol. The second kappa shape index (κ2) is 5.23. The van der Waals surface area contributed by atoms with E-state index in [1.165, 1.54) is 24.3 Å². The Kier molecular flexibility index (Phi) is 3.66. The van der Waals surface area contributed by atoms with Crippen LogP contribution >= 0.6 is 11.8 Å². The summed E-state index contributed by atoms with van der Waals surface area (Å²) in [7, 11) is 0. The number of benzene rings is 2. The summed E-state index contributed by atoms with van der Waals surface area (Å²) in [6.45, 7) is 0. The first-order valence-corrected chi connectivity index (χ1v) is 5.96. The van der Waals surface area contributed by atoms with Gasteiger partial charge in [0.1, 0.15) is 5.69 Å². The molecule has 19 heavy (non-hydrogen) atoms. The van der Waals surface area contributed by atoms with Crippen LogP contribution in [0.15, 0.2) is 46.2 Å². The van der Waals surface area contributed by atoms with E-state index in [-0.39, 0.29) is 11.4 Å². The Morgan fingerprint density at radius 3 is 2.26 bits per heavy atom. The van der Waals surface area contributed by atoms with Crippen molar-refractivity contribution >= 4 is 23.1 Å². The van der Waals surface area contributed by atoms with E-state index in [1.54, 1.807) is 0 Å². The zero-order chi connectivity index (χ0) is 14.0. The van der Waals surface area contributed by atoms with Gasteiger partial charge in [0.2, 0.25) is 0 Å². The third-order valence-corrected chi connectivity index (χ3v) is 3.30. The minimum atomic E-state index is -0.945. The molecular formula is C12H8F2N2O2S. The van der Waals surface area contributed by atoms with Gasteiger partial charge in [-0.25, -0.2) is 8.78 Å². The molecule has 7 heteroatoms. The van der Waals surface area contributed by atoms with Gasteiger partial charge in [0.25, 0.3) is 5.69 Å². The summed E-state index contributed by atoms with van der Waals surface area (Å²) in [5, 5.41) is 10.6. The number of nitrogens with zero attached hydrogens (tertiary/aromatic N) is 1. The number of hydrogen-bond acceptors (Lipinski definition) is 4. The molecule has 0 saturated heterocycles. The van der Waals surface area contributed by atoms with Crippen molar-refractivity contribution in [2.45, 2.75) is 9.79 Å². The average molecular weight is 282 g/mol. The van der Waals surface area contributed by atoms with Gasteiger partial charge in [-0.2, -0.15) is 0 Å². The maximum atomic E-state index is 13.0. The van der Waals surface area contributed by atoms with E-state index in [0.717, 1.165) is 23.9 Å². The largest absolute Gasteiger partial charge is 0.393 e. The van der Waals surface area contributed by atoms with Crippen molar-refractivity contribution in [3.05, 3.63) is 58.1 Å². The van der Waals surface area contributed by atoms with E-state index in [2.05, 4.69) is 0 Å². The van der Waals surface area contributed by atoms with E-state index < -0.39 is 16.6 Å². The highest BCUT2D eigenvalue weighted by molar-refractivity contribution is 7.99. The topological polar surface area (TPSA) is 69.2 Å². The first-order valence-electron chi connectivity index (χ1n) is 5.14. The average Bonchev–Trinajstić information content (AvgIpc) is 2.33. The van der Waals surface area contributed by atoms with Crippen molar-refractivity contribution in [1.29, 1.82) is 0 Å². The van der Waals surface area contributed by atoms with Crippen molar-refractivity contribution in [3.63, 3.8) is 0 Å². The number of nitrogens with two attached hydrogens (primary N) is 1. The molecule has 0 aliphatic carbocycles. The lowest BCUT2D eigenvalue weighted by molar-refractivity contribution is -0.383. The van der Waals surface area contributed by atoms with Crippen LogP contribution in [0.4, 0.5) is 20.2 Å². The minimum Gasteiger partial charge on any atom is -0.393 e. The maximum Gasteiger partial charge on any atom is 0.292 e. The molecule has 0 bridgehead atoms. The summed E-state index contributed by atoms with van der Waals surface area (Å²) < 4.78 is 25.8. The summed E-state index contributed by atoms with van der Waals surface area (Å²) in [5.74, 6) is -1.87. The molecule has 0 amide bonds. The molecule has 0 spiro atoms. The third-order valence-electron chi connectivity index (χ3n) is 2.32. The van der Waals surface area contributed by atoms with Crippen LogP contribution in [0.3, 0.4) is 0 Å². The Labute approximate surface area is 111 Å². The van der Waals surface area contributed by atoms with Crippen LogP contribution in [-0.4, -0.2) is 4.92 Å². The summed E-state index contributed by atoms with van der Waals surface area (Å²) in [6, 6.07) is 7.69. The number of halogens is 2. The molecule has 0 aromatic heterocycles. The second-order valence-electron chi connectivity index (χ2n) is 3.66. The van der Waals surface area contributed by atoms with Gasteiger partial charge >= 0.3 is 0 Å². The first kappa shape index (κ1) is 13.3. The molecule has 0 heterocycles. The maximum absolute atomic E-state index is 13.0. The predicted octanol–water partition coefficient (Wildman–Crippen LogP) is 3.61. The molecule has 0 aliphatic rings. The molecule has 0 fully saturated rings. The van der Waals surface area contributed by atoms with E-state index in [1.807, 2.05) is 0 Å². The summed E-state index contributed by atoms with van der Waals surface area (Å²) in [6.07, 6.45) is 0. The zero-order valence-corrected chi connectivity index (χ0v) is 10.3. The Hall–Kier alpha value is -2.15. The molecule has 0 atom stereocenters. The van der Waals surface area contributed by atoms with Crippen molar-refractivity contribution < 1.29 is 13.7 Å². The van der Waals surface area contributed by atoms with Crippen LogP contribution in [0.1, 0.15) is 0 Å². The van der Waals surface area contributed by atoms with Crippen LogP contribution < -0.4 is 5.73 Å². The highest BCUT2D eigenvalue weighted by Crippen LogP contribution is 2.32. The fourth-order valence-electron chi connectivity index (χ4n) is 1.44. The smallest absolute Gasteiger partial charge is 0.292 e. The van der Waals surface area contributed by atoms with Crippen LogP contribution in [0.5, 0.6) is 0 Å². The van der Waals surface area contributed by atoms with Crippen LogP contribution in [0.2, 0.25) is 0 Å². The molecule has 4 nitrogen and oxygen atoms in total. The standard InChI is InChI=1S/C12H8F2N2O2S/c13-9-3-1-7(5-10(9)14)19-8-2-4-12(16(17)18)11(15)6-8/h1-6H,15H2. The van der Waals surface area contributed by atoms with Gasteiger partial charge in [0, 0.05) is 15.9 Å². The molecule has 2 aromatic carbocycles. The van der Waals surface area contributed by atoms with Crippen molar-refractivity contribution in [2.75, 3.05) is 5.73 Å². The van der Waals surface area contributed by atoms with E-state index in [4.69, 9.17) is 5.73 Å². The zero-order valence-electron chi connectivity index (χ0n) is 9.47. The van der Waals surface area contributed by atoms with Gasteiger partial charge in [0.05, 0.1) is 4.92 Å². The molecule has 2 N–H and O–H groups in total. The molecule has 0 unspecified atom stereocenters. The summed E-state index contributed by atoms with van der Waals surface area (Å²) in [5.41, 5.74) is 5.38. The molecular weight excluding hydrogens is 274 g/mol. The van der Waals surface area contributed by atoms with Gasteiger partial charge in [-0.3, -0.25) is 10.1 Å². The number of nitrogen functional groups attached to an aromatic ring is 1. The Morgan fingerprint density at radius 1 is 1.05 bits per heavy atom. The Morgan fingerprint density at radius 2 is 1.68 bits per heavy atom. The van der Waals surface area contributed by atoms with Crippen molar-refractivity contribution in [3.8, 4) is 0 Å². The fraction of sp³-hybridized carbons (Fsp3) is 0. The van der Waals surface area contributed by atoms with Gasteiger partial charge in [0.15, 0.2) is 11.6 Å². The fourth-order valence-corrected chi connectivity index (χ4v) is 2.33. The second-order valence-corrected chi connectivity index (χ2v) is 4.80. The van der Waals surface area contributed by atoms with Crippen LogP contribution in [0.25, 0.3) is 0 Å². The quantitative estimate of drug-likeness (QED) is 0.530. The molecule has 0 radical (unpaired) electrons. The van der Waals surface area contributed by atoms with Gasteiger partial charge in [-0.15, -0.1) is 0 Å². The van der Waals surface area contributed by atoms with Crippen molar-refractivity contribution in [1.82, 2.24) is 0 Å². The highest BCUT2D eigenvalue weighted by atomic mass is 32.2. The summed E-state index contributed by atoms with van der Waals surface area (Å²) >= 11 is 1.14. The third kappa shape index (κ3) is 3.00. The van der Waals surface area contributed by atoms with Gasteiger partial charge in [-0.1, -0.05) is 11.8 Å². The van der Waals surface area contributed by atoms with E-state index in [9.17, 15) is 18.9 Å². The molecule has 2 aromatic rings. The molecule has 0 saturated carbocycles. The molecule has 98 valence electrons. The van der Waals surface area contributed by atoms with Crippen molar-refractivity contribution in [2.24, 2.45) is 0 Å². The predicted molar refractivity (Wildman–Crippen MR) is 68.0 cm³/mol. The van der Waals surface area contributed by atoms with Crippen LogP contribution in [-0.2, 0) is 0 Å². The Balaban J connectivity index is 2.26. The SMILES string of the molecule is Nc1cc(Sc2ccc(F)c(F)c2)ccc1[N+](=O)[O-]. The number of rotatable bonds is 3. The lowest BCUT2D eigenvalue weighted by atomic mass is 10.3. The summed E-state index contributed by atoms with van der Waals surface area (Å²) in [4.78, 5) is 11.1. The van der Waals surface area contributed by atoms with E-state index in [0.29, 0.717) is 9.79 Å². The Bertz CT molecular complexity index is 650. The lowest BCUT2D eigenvalue weighted by Gasteiger charge is -2.04. The number of hydrogen-bond donors (Lipinski definition) is 1. The van der Waals surface area contributed by atoms with Crippen LogP contribution in [0, 0.1) is 21.7 Å². The minimum absolute atomic E-state index is 0.0255. The highest BCUT2D eigenvalue weighted by Gasteiger charge is 2.12. The van der Waals surface area contributed by atoms with Gasteiger partial charge in [-0.05, 0) is 30.3 Å². The lowest BCUT2D eigenvalue weighted by Crippen LogP contribution is -1.95. The normalized spacial score (nSPS) is 10.4. The number of anilines is 1. The number of nitro benzene ring substituents is 1.